The first-order valence-corrected chi connectivity index (χ1v) is 12.4. The maximum atomic E-state index is 13.6. The second kappa shape index (κ2) is 9.37. The molecule has 2 aromatic heterocycles. The minimum Gasteiger partial charge on any atom is -0.306 e. The summed E-state index contributed by atoms with van der Waals surface area (Å²) in [5.41, 5.74) is 5.35. The molecule has 2 aromatic carbocycles. The van der Waals surface area contributed by atoms with E-state index in [2.05, 4.69) is 20.3 Å². The van der Waals surface area contributed by atoms with Gasteiger partial charge in [0.15, 0.2) is 10.9 Å². The molecule has 1 aliphatic heterocycles. The number of nitrogens with zero attached hydrogens (tertiary/aromatic N) is 6. The summed E-state index contributed by atoms with van der Waals surface area (Å²) in [7, 11) is 0. The van der Waals surface area contributed by atoms with Crippen molar-refractivity contribution in [2.45, 2.75) is 31.2 Å². The van der Waals surface area contributed by atoms with E-state index in [-0.39, 0.29) is 11.6 Å². The normalized spacial score (nSPS) is 12.8. The zero-order chi connectivity index (χ0) is 23.8. The Hall–Kier alpha value is -2.94. The van der Waals surface area contributed by atoms with Crippen LogP contribution in [0.3, 0.4) is 0 Å². The zero-order valence-electron chi connectivity index (χ0n) is 18.5. The number of carbonyl (C=O) groups excluding carboxylic acids is 1. The minimum absolute atomic E-state index is 0.193. The van der Waals surface area contributed by atoms with Crippen LogP contribution in [0.1, 0.15) is 33.1 Å². The Balaban J connectivity index is 1.55. The van der Waals surface area contributed by atoms with Gasteiger partial charge in [-0.1, -0.05) is 58.4 Å². The lowest BCUT2D eigenvalue weighted by Gasteiger charge is -2.17. The van der Waals surface area contributed by atoms with Gasteiger partial charge in [-0.2, -0.15) is 0 Å². The monoisotopic (exact) mass is 510 g/mol. The second-order valence-corrected chi connectivity index (χ2v) is 9.80. The first-order chi connectivity index (χ1) is 16.4. The maximum absolute atomic E-state index is 13.6. The van der Waals surface area contributed by atoms with Crippen molar-refractivity contribution in [1.29, 1.82) is 0 Å². The molecule has 0 atom stereocenters. The first-order valence-electron chi connectivity index (χ1n) is 10.6. The highest BCUT2D eigenvalue weighted by molar-refractivity contribution is 7.98. The second-order valence-electron chi connectivity index (χ2n) is 7.98. The van der Waals surface area contributed by atoms with E-state index in [4.69, 9.17) is 23.2 Å². The van der Waals surface area contributed by atoms with Crippen LogP contribution in [0.2, 0.25) is 10.0 Å². The number of hydrogen-bond acceptors (Lipinski definition) is 6. The topological polar surface area (TPSA) is 76.8 Å². The third-order valence-electron chi connectivity index (χ3n) is 5.49. The lowest BCUT2D eigenvalue weighted by molar-refractivity contribution is 0.0984. The molecular formula is C24H20Cl2N6OS. The summed E-state index contributed by atoms with van der Waals surface area (Å²) in [4.78, 5) is 24.4. The van der Waals surface area contributed by atoms with Crippen molar-refractivity contribution < 1.29 is 4.79 Å². The van der Waals surface area contributed by atoms with Gasteiger partial charge in [-0.25, -0.2) is 14.6 Å². The fourth-order valence-corrected chi connectivity index (χ4v) is 5.49. The first kappa shape index (κ1) is 22.8. The van der Waals surface area contributed by atoms with E-state index in [0.29, 0.717) is 38.9 Å². The molecule has 0 radical (unpaired) electrons. The van der Waals surface area contributed by atoms with E-state index in [1.807, 2.05) is 44.2 Å². The molecule has 1 aliphatic rings. The van der Waals surface area contributed by atoms with Gasteiger partial charge in [0.2, 0.25) is 0 Å². The number of benzene rings is 2. The number of aryl methyl sites for hydroxylation is 2. The molecule has 1 amide bonds. The molecule has 0 fully saturated rings. The van der Waals surface area contributed by atoms with Gasteiger partial charge in [0, 0.05) is 39.4 Å². The predicted octanol–water partition coefficient (Wildman–Crippen LogP) is 5.48. The van der Waals surface area contributed by atoms with Crippen molar-refractivity contribution in [2.75, 3.05) is 11.4 Å². The van der Waals surface area contributed by atoms with Crippen LogP contribution in [-0.4, -0.2) is 37.4 Å². The Bertz CT molecular complexity index is 1370. The number of amides is 1. The molecule has 3 heterocycles. The van der Waals surface area contributed by atoms with Crippen LogP contribution in [0.5, 0.6) is 0 Å². The number of aromatic nitrogens is 5. The number of para-hydroxylation sites is 1. The van der Waals surface area contributed by atoms with Gasteiger partial charge in [-0.3, -0.25) is 4.79 Å². The van der Waals surface area contributed by atoms with Gasteiger partial charge in [-0.05, 0) is 56.2 Å². The molecule has 7 nitrogen and oxygen atoms in total. The van der Waals surface area contributed by atoms with Crippen LogP contribution in [0.4, 0.5) is 5.69 Å². The van der Waals surface area contributed by atoms with Crippen molar-refractivity contribution in [3.8, 4) is 5.69 Å². The van der Waals surface area contributed by atoms with Gasteiger partial charge in [0.05, 0.1) is 11.4 Å². The molecule has 0 saturated carbocycles. The number of thioether (sulfide) groups is 1. The molecule has 10 heteroatoms. The summed E-state index contributed by atoms with van der Waals surface area (Å²) in [6.07, 6.45) is 0.806. The van der Waals surface area contributed by atoms with Gasteiger partial charge in [0.25, 0.3) is 5.91 Å². The molecule has 0 bridgehead atoms. The number of carbonyl (C=O) groups is 1. The summed E-state index contributed by atoms with van der Waals surface area (Å²) >= 11 is 13.9. The summed E-state index contributed by atoms with van der Waals surface area (Å²) in [6.45, 7) is 4.46. The van der Waals surface area contributed by atoms with Crippen LogP contribution in [-0.2, 0) is 12.2 Å². The third kappa shape index (κ3) is 4.53. The van der Waals surface area contributed by atoms with Crippen molar-refractivity contribution >= 4 is 46.6 Å². The highest BCUT2D eigenvalue weighted by Gasteiger charge is 2.30. The molecule has 0 saturated heterocycles. The molecule has 0 spiro atoms. The average molecular weight is 511 g/mol. The van der Waals surface area contributed by atoms with Crippen molar-refractivity contribution in [2.24, 2.45) is 0 Å². The third-order valence-corrected chi connectivity index (χ3v) is 6.78. The molecule has 5 rings (SSSR count). The number of fused-ring (bicyclic) bond motifs is 1. The summed E-state index contributed by atoms with van der Waals surface area (Å²) in [6, 6.07) is 15.0. The average Bonchev–Trinajstić information content (AvgIpc) is 3.40. The number of hydrogen-bond donors (Lipinski definition) is 0. The van der Waals surface area contributed by atoms with Gasteiger partial charge in [-0.15, -0.1) is 5.10 Å². The summed E-state index contributed by atoms with van der Waals surface area (Å²) in [5, 5.41) is 10.2. The molecule has 172 valence electrons. The number of rotatable bonds is 5. The zero-order valence-corrected chi connectivity index (χ0v) is 20.8. The highest BCUT2D eigenvalue weighted by atomic mass is 35.5. The Kier molecular flexibility index (Phi) is 6.29. The van der Waals surface area contributed by atoms with Crippen LogP contribution < -0.4 is 4.90 Å². The van der Waals surface area contributed by atoms with E-state index < -0.39 is 0 Å². The van der Waals surface area contributed by atoms with Crippen molar-refractivity contribution in [1.82, 2.24) is 25.0 Å². The molecule has 0 N–H and O–H groups in total. The Morgan fingerprint density at radius 3 is 2.47 bits per heavy atom. The predicted molar refractivity (Wildman–Crippen MR) is 134 cm³/mol. The standard InChI is InChI=1S/C24H20Cl2N6OS/c1-14-9-15(2)28-24(27-14)34-13-21-22(23(33)31-8-7-16-5-3-4-6-20(16)31)29-30-32(21)19-11-17(25)10-18(26)12-19/h3-6,9-12H,7-8,13H2,1-2H3. The van der Waals surface area contributed by atoms with E-state index in [1.54, 1.807) is 27.8 Å². The SMILES string of the molecule is Cc1cc(C)nc(SCc2c(C(=O)N3CCc4ccccc43)nnn2-c2cc(Cl)cc(Cl)c2)n1. The van der Waals surface area contributed by atoms with E-state index in [9.17, 15) is 4.79 Å². The lowest BCUT2D eigenvalue weighted by atomic mass is 10.2. The van der Waals surface area contributed by atoms with E-state index in [1.165, 1.54) is 11.8 Å². The molecule has 0 aliphatic carbocycles. The quantitative estimate of drug-likeness (QED) is 0.261. The van der Waals surface area contributed by atoms with E-state index in [0.717, 1.165) is 29.1 Å². The summed E-state index contributed by atoms with van der Waals surface area (Å²) < 4.78 is 1.61. The Labute approximate surface area is 211 Å². The van der Waals surface area contributed by atoms with Gasteiger partial charge < -0.3 is 4.90 Å². The Morgan fingerprint density at radius 1 is 1.03 bits per heavy atom. The number of anilines is 1. The lowest BCUT2D eigenvalue weighted by Crippen LogP contribution is -2.30. The van der Waals surface area contributed by atoms with E-state index >= 15 is 0 Å². The molecule has 34 heavy (non-hydrogen) atoms. The molecular weight excluding hydrogens is 491 g/mol. The maximum Gasteiger partial charge on any atom is 0.280 e. The van der Waals surface area contributed by atoms with Crippen LogP contribution in [0, 0.1) is 13.8 Å². The van der Waals surface area contributed by atoms with Gasteiger partial charge in [0.1, 0.15) is 0 Å². The van der Waals surface area contributed by atoms with Gasteiger partial charge >= 0.3 is 0 Å². The van der Waals surface area contributed by atoms with Crippen molar-refractivity contribution in [3.63, 3.8) is 0 Å². The largest absolute Gasteiger partial charge is 0.306 e. The Morgan fingerprint density at radius 2 is 1.74 bits per heavy atom. The minimum atomic E-state index is -0.193. The smallest absolute Gasteiger partial charge is 0.280 e. The number of halogens is 2. The molecule has 4 aromatic rings. The van der Waals surface area contributed by atoms with Crippen LogP contribution in [0.25, 0.3) is 5.69 Å². The van der Waals surface area contributed by atoms with Crippen molar-refractivity contribution in [3.05, 3.63) is 86.9 Å². The summed E-state index contributed by atoms with van der Waals surface area (Å²) in [5.74, 6) is 0.192. The fourth-order valence-electron chi connectivity index (χ4n) is 4.03. The van der Waals surface area contributed by atoms with Crippen LogP contribution >= 0.6 is 35.0 Å². The molecule has 0 unspecified atom stereocenters. The highest BCUT2D eigenvalue weighted by Crippen LogP contribution is 2.31. The fraction of sp³-hybridized carbons (Fsp3) is 0.208. The van der Waals surface area contributed by atoms with Crippen LogP contribution in [0.15, 0.2) is 53.7 Å².